The van der Waals surface area contributed by atoms with Gasteiger partial charge in [0.25, 0.3) is 0 Å². The van der Waals surface area contributed by atoms with Gasteiger partial charge in [-0.25, -0.2) is 9.18 Å². The summed E-state index contributed by atoms with van der Waals surface area (Å²) >= 11 is 0. The molecule has 1 aliphatic rings. The Bertz CT molecular complexity index is 592. The van der Waals surface area contributed by atoms with E-state index in [2.05, 4.69) is 5.32 Å². The molecule has 0 saturated carbocycles. The molecule has 0 aliphatic heterocycles. The van der Waals surface area contributed by atoms with Crippen molar-refractivity contribution in [2.45, 2.75) is 52.2 Å². The smallest absolute Gasteiger partial charge is 0.407 e. The van der Waals surface area contributed by atoms with Gasteiger partial charge in [-0.2, -0.15) is 0 Å². The number of carbonyl (C=O) groups is 2. The van der Waals surface area contributed by atoms with E-state index in [0.29, 0.717) is 24.0 Å². The predicted molar refractivity (Wildman–Crippen MR) is 81.4 cm³/mol. The number of hydrogen-bond acceptors (Lipinski definition) is 3. The van der Waals surface area contributed by atoms with Gasteiger partial charge in [-0.1, -0.05) is 6.92 Å². The Morgan fingerprint density at radius 2 is 2.14 bits per heavy atom. The lowest BCUT2D eigenvalue weighted by Gasteiger charge is -2.25. The number of ether oxygens (including phenoxy) is 1. The molecule has 2 unspecified atom stereocenters. The number of halogens is 1. The van der Waals surface area contributed by atoms with Crippen LogP contribution in [0.5, 0.6) is 0 Å². The molecule has 1 aromatic rings. The van der Waals surface area contributed by atoms with Gasteiger partial charge >= 0.3 is 6.09 Å². The maximum absolute atomic E-state index is 13.3. The Balaban J connectivity index is 2.10. The zero-order valence-corrected chi connectivity index (χ0v) is 13.4. The highest BCUT2D eigenvalue weighted by Crippen LogP contribution is 2.30. The van der Waals surface area contributed by atoms with Crippen LogP contribution in [0.15, 0.2) is 18.2 Å². The van der Waals surface area contributed by atoms with Crippen LogP contribution in [0, 0.1) is 11.7 Å². The Hall–Kier alpha value is -1.91. The first-order valence-electron chi connectivity index (χ1n) is 7.53. The number of rotatable bonds is 3. The lowest BCUT2D eigenvalue weighted by Crippen LogP contribution is -2.44. The Kier molecular flexibility index (Phi) is 4.54. The lowest BCUT2D eigenvalue weighted by molar-refractivity contribution is 0.0483. The van der Waals surface area contributed by atoms with E-state index in [4.69, 9.17) is 4.74 Å². The molecular formula is C17H22FNO3. The van der Waals surface area contributed by atoms with Crippen LogP contribution in [0.2, 0.25) is 0 Å². The van der Waals surface area contributed by atoms with Crippen LogP contribution in [0.4, 0.5) is 9.18 Å². The van der Waals surface area contributed by atoms with Crippen LogP contribution >= 0.6 is 0 Å². The van der Waals surface area contributed by atoms with Crippen molar-refractivity contribution in [3.63, 3.8) is 0 Å². The first-order valence-corrected chi connectivity index (χ1v) is 7.53. The third-order valence-electron chi connectivity index (χ3n) is 3.74. The molecule has 0 bridgehead atoms. The molecule has 4 nitrogen and oxygen atoms in total. The molecule has 2 atom stereocenters. The standard InChI is InChI=1S/C17H22FNO3/c1-5-14(19-16(21)22-17(2,3)4)13-9-10-8-11(18)6-7-12(10)15(13)20/h6-8,13-14H,5,9H2,1-4H3,(H,19,21). The van der Waals surface area contributed by atoms with Gasteiger partial charge in [-0.15, -0.1) is 0 Å². The van der Waals surface area contributed by atoms with Crippen molar-refractivity contribution in [1.29, 1.82) is 0 Å². The van der Waals surface area contributed by atoms with Crippen LogP contribution in [0.3, 0.4) is 0 Å². The maximum Gasteiger partial charge on any atom is 0.407 e. The monoisotopic (exact) mass is 307 g/mol. The second kappa shape index (κ2) is 6.07. The molecule has 0 spiro atoms. The summed E-state index contributed by atoms with van der Waals surface area (Å²) in [6.07, 6.45) is 0.515. The Morgan fingerprint density at radius 1 is 1.45 bits per heavy atom. The molecule has 120 valence electrons. The molecule has 1 amide bonds. The quantitative estimate of drug-likeness (QED) is 0.930. The fraction of sp³-hybridized carbons (Fsp3) is 0.529. The summed E-state index contributed by atoms with van der Waals surface area (Å²) in [5.41, 5.74) is 0.670. The zero-order valence-electron chi connectivity index (χ0n) is 13.4. The molecule has 1 N–H and O–H groups in total. The van der Waals surface area contributed by atoms with Crippen molar-refractivity contribution >= 4 is 11.9 Å². The summed E-state index contributed by atoms with van der Waals surface area (Å²) in [5, 5.41) is 2.77. The van der Waals surface area contributed by atoms with E-state index in [1.54, 1.807) is 20.8 Å². The minimum Gasteiger partial charge on any atom is -0.444 e. The fourth-order valence-corrected chi connectivity index (χ4v) is 2.77. The van der Waals surface area contributed by atoms with Gasteiger partial charge < -0.3 is 10.1 Å². The van der Waals surface area contributed by atoms with E-state index in [1.165, 1.54) is 18.2 Å². The molecule has 5 heteroatoms. The van der Waals surface area contributed by atoms with Crippen molar-refractivity contribution in [3.8, 4) is 0 Å². The molecule has 0 aromatic heterocycles. The Labute approximate surface area is 130 Å². The minimum absolute atomic E-state index is 0.0436. The Morgan fingerprint density at radius 3 is 2.73 bits per heavy atom. The number of carbonyl (C=O) groups excluding carboxylic acids is 2. The van der Waals surface area contributed by atoms with E-state index in [-0.39, 0.29) is 23.6 Å². The van der Waals surface area contributed by atoms with Crippen LogP contribution in [0.1, 0.15) is 50.0 Å². The number of Topliss-reactive ketones (excluding diaryl/α,β-unsaturated/α-hetero) is 1. The van der Waals surface area contributed by atoms with Gasteiger partial charge in [-0.3, -0.25) is 4.79 Å². The zero-order chi connectivity index (χ0) is 16.5. The molecule has 0 fully saturated rings. The summed E-state index contributed by atoms with van der Waals surface area (Å²) in [6.45, 7) is 7.26. The largest absolute Gasteiger partial charge is 0.444 e. The van der Waals surface area contributed by atoms with Crippen LogP contribution in [-0.4, -0.2) is 23.5 Å². The second-order valence-electron chi connectivity index (χ2n) is 6.64. The van der Waals surface area contributed by atoms with Gasteiger partial charge in [-0.05, 0) is 57.4 Å². The maximum atomic E-state index is 13.3. The highest BCUT2D eigenvalue weighted by Gasteiger charge is 2.37. The first kappa shape index (κ1) is 16.5. The van der Waals surface area contributed by atoms with Crippen molar-refractivity contribution < 1.29 is 18.7 Å². The SMILES string of the molecule is CCC(NC(=O)OC(C)(C)C)C1Cc2cc(F)ccc2C1=O. The van der Waals surface area contributed by atoms with Crippen molar-refractivity contribution in [2.75, 3.05) is 0 Å². The van der Waals surface area contributed by atoms with E-state index in [1.807, 2.05) is 6.92 Å². The lowest BCUT2D eigenvalue weighted by atomic mass is 9.93. The van der Waals surface area contributed by atoms with Crippen LogP contribution < -0.4 is 5.32 Å². The van der Waals surface area contributed by atoms with Gasteiger partial charge in [0.1, 0.15) is 11.4 Å². The van der Waals surface area contributed by atoms with Crippen molar-refractivity contribution in [3.05, 3.63) is 35.1 Å². The summed E-state index contributed by atoms with van der Waals surface area (Å²) in [7, 11) is 0. The fourth-order valence-electron chi connectivity index (χ4n) is 2.77. The highest BCUT2D eigenvalue weighted by molar-refractivity contribution is 6.02. The predicted octanol–water partition coefficient (Wildman–Crippen LogP) is 3.48. The second-order valence-corrected chi connectivity index (χ2v) is 6.64. The van der Waals surface area contributed by atoms with Crippen molar-refractivity contribution in [2.24, 2.45) is 5.92 Å². The van der Waals surface area contributed by atoms with Crippen molar-refractivity contribution in [1.82, 2.24) is 5.32 Å². The summed E-state index contributed by atoms with van der Waals surface area (Å²) in [6, 6.07) is 3.89. The molecule has 0 radical (unpaired) electrons. The van der Waals surface area contributed by atoms with E-state index < -0.39 is 11.7 Å². The number of benzene rings is 1. The summed E-state index contributed by atoms with van der Waals surface area (Å²) in [5.74, 6) is -0.757. The van der Waals surface area contributed by atoms with E-state index in [0.717, 1.165) is 0 Å². The molecule has 22 heavy (non-hydrogen) atoms. The third-order valence-corrected chi connectivity index (χ3v) is 3.74. The van der Waals surface area contributed by atoms with Gasteiger partial charge in [0, 0.05) is 17.5 Å². The van der Waals surface area contributed by atoms with Gasteiger partial charge in [0.2, 0.25) is 0 Å². The molecule has 0 heterocycles. The van der Waals surface area contributed by atoms with Gasteiger partial charge in [0.05, 0.1) is 0 Å². The van der Waals surface area contributed by atoms with Crippen LogP contribution in [-0.2, 0) is 11.2 Å². The number of alkyl carbamates (subject to hydrolysis) is 1. The third kappa shape index (κ3) is 3.64. The number of ketones is 1. The molecule has 1 aromatic carbocycles. The average Bonchev–Trinajstić information content (AvgIpc) is 2.70. The van der Waals surface area contributed by atoms with E-state index >= 15 is 0 Å². The summed E-state index contributed by atoms with van der Waals surface area (Å²) < 4.78 is 18.5. The normalized spacial score (nSPS) is 18.8. The number of hydrogen-bond donors (Lipinski definition) is 1. The van der Waals surface area contributed by atoms with Crippen LogP contribution in [0.25, 0.3) is 0 Å². The molecular weight excluding hydrogens is 285 g/mol. The summed E-state index contributed by atoms with van der Waals surface area (Å²) in [4.78, 5) is 24.4. The molecule has 1 aliphatic carbocycles. The number of amides is 1. The molecule has 2 rings (SSSR count). The van der Waals surface area contributed by atoms with Gasteiger partial charge in [0.15, 0.2) is 5.78 Å². The first-order chi connectivity index (χ1) is 10.2. The average molecular weight is 307 g/mol. The number of fused-ring (bicyclic) bond motifs is 1. The molecule has 0 saturated heterocycles. The topological polar surface area (TPSA) is 55.4 Å². The van der Waals surface area contributed by atoms with E-state index in [9.17, 15) is 14.0 Å². The minimum atomic E-state index is -0.589. The highest BCUT2D eigenvalue weighted by atomic mass is 19.1. The number of nitrogens with one attached hydrogen (secondary N) is 1.